The molecule has 0 saturated heterocycles. The third kappa shape index (κ3) is 3.12. The predicted octanol–water partition coefficient (Wildman–Crippen LogP) is 0.908. The van der Waals surface area contributed by atoms with Crippen LogP contribution in [-0.4, -0.2) is 39.7 Å². The first kappa shape index (κ1) is 16.8. The summed E-state index contributed by atoms with van der Waals surface area (Å²) in [5, 5.41) is 7.15. The summed E-state index contributed by atoms with van der Waals surface area (Å²) in [5.74, 6) is 0.291. The van der Waals surface area contributed by atoms with Crippen molar-refractivity contribution in [2.24, 2.45) is 0 Å². The van der Waals surface area contributed by atoms with Crippen LogP contribution in [0.15, 0.2) is 44.3 Å². The number of nitrogens with one attached hydrogen (secondary N) is 1. The molecule has 0 spiro atoms. The number of amides is 1. The third-order valence-corrected chi connectivity index (χ3v) is 3.96. The SMILES string of the molecule is CN(C)c1noc(CNC(=O)Cn2cnc3c(oc4ccccc43)c2=O)n1. The Bertz CT molecular complexity index is 1190. The normalized spacial score (nSPS) is 11.2. The number of carbonyl (C=O) groups is 1. The lowest BCUT2D eigenvalue weighted by molar-refractivity contribution is -0.122. The Morgan fingerprint density at radius 2 is 2.11 bits per heavy atom. The van der Waals surface area contributed by atoms with E-state index in [2.05, 4.69) is 20.4 Å². The van der Waals surface area contributed by atoms with Crippen LogP contribution >= 0.6 is 0 Å². The van der Waals surface area contributed by atoms with E-state index in [1.807, 2.05) is 18.2 Å². The molecule has 10 heteroatoms. The Kier molecular flexibility index (Phi) is 4.07. The molecule has 10 nitrogen and oxygen atoms in total. The van der Waals surface area contributed by atoms with Gasteiger partial charge < -0.3 is 19.2 Å². The van der Waals surface area contributed by atoms with Crippen molar-refractivity contribution in [3.8, 4) is 0 Å². The number of nitrogens with zero attached hydrogens (tertiary/aromatic N) is 5. The van der Waals surface area contributed by atoms with E-state index < -0.39 is 5.56 Å². The topological polar surface area (TPSA) is 119 Å². The van der Waals surface area contributed by atoms with Crippen molar-refractivity contribution in [1.29, 1.82) is 0 Å². The molecule has 1 N–H and O–H groups in total. The van der Waals surface area contributed by atoms with Gasteiger partial charge in [0.15, 0.2) is 0 Å². The second kappa shape index (κ2) is 6.56. The lowest BCUT2D eigenvalue weighted by Crippen LogP contribution is -2.32. The molecule has 1 aromatic carbocycles. The highest BCUT2D eigenvalue weighted by molar-refractivity contribution is 6.01. The first-order valence-electron chi connectivity index (χ1n) is 8.16. The van der Waals surface area contributed by atoms with Crippen LogP contribution in [0, 0.1) is 0 Å². The molecule has 0 bridgehead atoms. The van der Waals surface area contributed by atoms with Crippen molar-refractivity contribution in [1.82, 2.24) is 25.0 Å². The minimum absolute atomic E-state index is 0.0642. The Morgan fingerprint density at radius 3 is 2.89 bits per heavy atom. The molecule has 3 aromatic heterocycles. The molecule has 3 heterocycles. The van der Waals surface area contributed by atoms with Gasteiger partial charge in [-0.25, -0.2) is 4.98 Å². The summed E-state index contributed by atoms with van der Waals surface area (Å²) in [6.45, 7) is -0.137. The molecule has 27 heavy (non-hydrogen) atoms. The molecule has 0 saturated carbocycles. The van der Waals surface area contributed by atoms with Crippen molar-refractivity contribution >= 4 is 33.9 Å². The zero-order valence-electron chi connectivity index (χ0n) is 14.7. The van der Waals surface area contributed by atoms with Crippen LogP contribution in [0.3, 0.4) is 0 Å². The summed E-state index contributed by atoms with van der Waals surface area (Å²) in [4.78, 5) is 34.8. The molecule has 0 atom stereocenters. The number of furan rings is 1. The van der Waals surface area contributed by atoms with Gasteiger partial charge in [0.05, 0.1) is 12.9 Å². The van der Waals surface area contributed by atoms with Gasteiger partial charge in [-0.1, -0.05) is 12.1 Å². The van der Waals surface area contributed by atoms with Crippen LogP contribution in [0.4, 0.5) is 5.95 Å². The minimum Gasteiger partial charge on any atom is -0.448 e. The van der Waals surface area contributed by atoms with Gasteiger partial charge >= 0.3 is 0 Å². The molecule has 0 radical (unpaired) electrons. The molecule has 1 amide bonds. The fourth-order valence-corrected chi connectivity index (χ4v) is 2.61. The minimum atomic E-state index is -0.418. The van der Waals surface area contributed by atoms with Crippen molar-refractivity contribution < 1.29 is 13.7 Å². The van der Waals surface area contributed by atoms with E-state index in [1.165, 1.54) is 10.9 Å². The van der Waals surface area contributed by atoms with Crippen molar-refractivity contribution in [3.63, 3.8) is 0 Å². The van der Waals surface area contributed by atoms with Crippen LogP contribution in [0.2, 0.25) is 0 Å². The largest absolute Gasteiger partial charge is 0.448 e. The summed E-state index contributed by atoms with van der Waals surface area (Å²) in [6, 6.07) is 7.25. The fourth-order valence-electron chi connectivity index (χ4n) is 2.61. The van der Waals surface area contributed by atoms with E-state index >= 15 is 0 Å². The second-order valence-corrected chi connectivity index (χ2v) is 6.11. The van der Waals surface area contributed by atoms with Crippen LogP contribution in [0.5, 0.6) is 0 Å². The summed E-state index contributed by atoms with van der Waals surface area (Å²) < 4.78 is 11.8. The van der Waals surface area contributed by atoms with Crippen LogP contribution < -0.4 is 15.8 Å². The number of rotatable bonds is 5. The third-order valence-electron chi connectivity index (χ3n) is 3.96. The first-order valence-corrected chi connectivity index (χ1v) is 8.16. The Hall–Kier alpha value is -3.69. The monoisotopic (exact) mass is 368 g/mol. The molecule has 4 aromatic rings. The van der Waals surface area contributed by atoms with E-state index in [1.54, 1.807) is 25.1 Å². The maximum Gasteiger partial charge on any atom is 0.297 e. The number of fused-ring (bicyclic) bond motifs is 3. The highest BCUT2D eigenvalue weighted by atomic mass is 16.5. The van der Waals surface area contributed by atoms with Gasteiger partial charge in [0, 0.05) is 19.5 Å². The van der Waals surface area contributed by atoms with Gasteiger partial charge in [-0.15, -0.1) is 0 Å². The lowest BCUT2D eigenvalue weighted by atomic mass is 10.2. The Morgan fingerprint density at radius 1 is 1.30 bits per heavy atom. The molecule has 0 aliphatic rings. The van der Waals surface area contributed by atoms with Crippen molar-refractivity contribution in [3.05, 3.63) is 46.8 Å². The summed E-state index contributed by atoms with van der Waals surface area (Å²) in [6.07, 6.45) is 1.34. The number of carbonyl (C=O) groups excluding carboxylic acids is 1. The van der Waals surface area contributed by atoms with E-state index in [4.69, 9.17) is 8.94 Å². The van der Waals surface area contributed by atoms with E-state index in [0.717, 1.165) is 5.39 Å². The van der Waals surface area contributed by atoms with Gasteiger partial charge in [0.25, 0.3) is 11.5 Å². The number of para-hydroxylation sites is 1. The van der Waals surface area contributed by atoms with Crippen LogP contribution in [0.1, 0.15) is 5.89 Å². The summed E-state index contributed by atoms with van der Waals surface area (Å²) >= 11 is 0. The number of aromatic nitrogens is 4. The van der Waals surface area contributed by atoms with E-state index in [0.29, 0.717) is 17.0 Å². The van der Waals surface area contributed by atoms with Crippen molar-refractivity contribution in [2.45, 2.75) is 13.1 Å². The number of benzene rings is 1. The van der Waals surface area contributed by atoms with Gasteiger partial charge in [-0.2, -0.15) is 4.98 Å². The van der Waals surface area contributed by atoms with Crippen LogP contribution in [0.25, 0.3) is 22.1 Å². The smallest absolute Gasteiger partial charge is 0.297 e. The van der Waals surface area contributed by atoms with E-state index in [-0.39, 0.29) is 30.5 Å². The zero-order valence-corrected chi connectivity index (χ0v) is 14.7. The number of hydrogen-bond donors (Lipinski definition) is 1. The molecule has 0 unspecified atom stereocenters. The molecule has 138 valence electrons. The highest BCUT2D eigenvalue weighted by Crippen LogP contribution is 2.23. The quantitative estimate of drug-likeness (QED) is 0.552. The first-order chi connectivity index (χ1) is 13.0. The predicted molar refractivity (Wildman–Crippen MR) is 96.2 cm³/mol. The maximum atomic E-state index is 12.6. The Balaban J connectivity index is 1.50. The highest BCUT2D eigenvalue weighted by Gasteiger charge is 2.15. The Labute approximate surface area is 152 Å². The fraction of sp³-hybridized carbons (Fsp3) is 0.235. The molecule has 0 aliphatic carbocycles. The van der Waals surface area contributed by atoms with Crippen LogP contribution in [-0.2, 0) is 17.9 Å². The zero-order chi connectivity index (χ0) is 19.0. The molecular formula is C17H16N6O4. The lowest BCUT2D eigenvalue weighted by Gasteiger charge is -2.05. The molecule has 0 fully saturated rings. The average molecular weight is 368 g/mol. The van der Waals surface area contributed by atoms with Crippen molar-refractivity contribution in [2.75, 3.05) is 19.0 Å². The second-order valence-electron chi connectivity index (χ2n) is 6.11. The molecule has 4 rings (SSSR count). The molecular weight excluding hydrogens is 352 g/mol. The average Bonchev–Trinajstić information content (AvgIpc) is 3.27. The number of anilines is 1. The molecule has 0 aliphatic heterocycles. The summed E-state index contributed by atoms with van der Waals surface area (Å²) in [5.41, 5.74) is 0.764. The standard InChI is InChI=1S/C17H16N6O4/c1-22(2)17-20-13(27-21-17)7-18-12(24)8-23-9-19-14-10-5-3-4-6-11(10)26-15(14)16(23)25/h3-6,9H,7-8H2,1-2H3,(H,18,24). The van der Waals surface area contributed by atoms with Gasteiger partial charge in [0.1, 0.15) is 17.6 Å². The number of hydrogen-bond acceptors (Lipinski definition) is 8. The van der Waals surface area contributed by atoms with Gasteiger partial charge in [-0.05, 0) is 17.3 Å². The summed E-state index contributed by atoms with van der Waals surface area (Å²) in [7, 11) is 3.56. The van der Waals surface area contributed by atoms with E-state index in [9.17, 15) is 9.59 Å². The maximum absolute atomic E-state index is 12.6. The van der Waals surface area contributed by atoms with Gasteiger partial charge in [0.2, 0.25) is 17.4 Å². The van der Waals surface area contributed by atoms with Gasteiger partial charge in [-0.3, -0.25) is 14.2 Å².